The van der Waals surface area contributed by atoms with Crippen LogP contribution in [0.15, 0.2) is 0 Å². The molecule has 0 spiro atoms. The van der Waals surface area contributed by atoms with E-state index in [0.29, 0.717) is 0 Å². The van der Waals surface area contributed by atoms with Crippen LogP contribution >= 0.6 is 45.9 Å². The molecule has 1 saturated heterocycles. The average molecular weight is 342 g/mol. The molecule has 1 rings (SSSR count). The van der Waals surface area contributed by atoms with Crippen molar-refractivity contribution in [3.63, 3.8) is 0 Å². The van der Waals surface area contributed by atoms with Gasteiger partial charge in [-0.1, -0.05) is 0 Å². The Morgan fingerprint density at radius 3 is 1.18 bits per heavy atom. The molecule has 0 aromatic heterocycles. The molecular weight excluding hydrogens is 334 g/mol. The molecule has 0 saturated carbocycles. The molecule has 1 heterocycles. The molecule has 0 radical (unpaired) electrons. The van der Waals surface area contributed by atoms with Crippen LogP contribution in [0.25, 0.3) is 0 Å². The van der Waals surface area contributed by atoms with Crippen LogP contribution < -0.4 is 0 Å². The molecule has 11 heavy (non-hydrogen) atoms. The molecular formula is C4H8Cl5NbO. The summed E-state index contributed by atoms with van der Waals surface area (Å²) in [6.45, 7) is 2.00. The Kier molecular flexibility index (Phi) is 6.14. The molecule has 70 valence electrons. The normalized spacial score (nSPS) is 21.4. The van der Waals surface area contributed by atoms with E-state index in [4.69, 9.17) is 50.7 Å². The van der Waals surface area contributed by atoms with Crippen LogP contribution in [0.2, 0.25) is 0 Å². The second-order valence-corrected chi connectivity index (χ2v) is 35.3. The molecule has 0 bridgehead atoms. The van der Waals surface area contributed by atoms with E-state index in [1.54, 1.807) is 0 Å². The van der Waals surface area contributed by atoms with Crippen LogP contribution in [-0.4, -0.2) is 13.2 Å². The van der Waals surface area contributed by atoms with Crippen molar-refractivity contribution in [3.8, 4) is 0 Å². The van der Waals surface area contributed by atoms with Crippen molar-refractivity contribution in [2.24, 2.45) is 0 Å². The van der Waals surface area contributed by atoms with Gasteiger partial charge in [0.2, 0.25) is 0 Å². The number of halogens is 5. The van der Waals surface area contributed by atoms with Gasteiger partial charge < -0.3 is 4.74 Å². The van der Waals surface area contributed by atoms with Crippen LogP contribution in [0, 0.1) is 0 Å². The minimum atomic E-state index is -4.33. The zero-order chi connectivity index (χ0) is 8.98. The van der Waals surface area contributed by atoms with Gasteiger partial charge in [-0.15, -0.1) is 0 Å². The summed E-state index contributed by atoms with van der Waals surface area (Å²) in [5.41, 5.74) is 0. The van der Waals surface area contributed by atoms with E-state index in [-0.39, 0.29) is 0 Å². The fraction of sp³-hybridized carbons (Fsp3) is 1.00. The zero-order valence-electron chi connectivity index (χ0n) is 5.57. The Bertz CT molecular complexity index is 90.8. The van der Waals surface area contributed by atoms with Gasteiger partial charge in [-0.25, -0.2) is 0 Å². The van der Waals surface area contributed by atoms with Crippen LogP contribution in [0.3, 0.4) is 0 Å². The van der Waals surface area contributed by atoms with Crippen molar-refractivity contribution in [1.82, 2.24) is 0 Å². The molecule has 0 aromatic rings. The molecule has 0 amide bonds. The SMILES string of the molecule is C1CCOC1.[Cl][Nb]([Cl])([Cl])([Cl])[Cl]. The molecule has 1 aliphatic rings. The number of hydrogen-bond acceptors (Lipinski definition) is 1. The maximum absolute atomic E-state index is 5.05. The summed E-state index contributed by atoms with van der Waals surface area (Å²) in [5, 5.41) is 0. The van der Waals surface area contributed by atoms with E-state index in [1.165, 1.54) is 12.8 Å². The summed E-state index contributed by atoms with van der Waals surface area (Å²) in [5.74, 6) is 0. The molecule has 0 aliphatic carbocycles. The first-order valence-electron chi connectivity index (χ1n) is 2.92. The van der Waals surface area contributed by atoms with Crippen molar-refractivity contribution in [2.45, 2.75) is 12.8 Å². The Morgan fingerprint density at radius 1 is 0.818 bits per heavy atom. The molecule has 1 aliphatic heterocycles. The van der Waals surface area contributed by atoms with E-state index in [9.17, 15) is 0 Å². The third kappa shape index (κ3) is 24.5. The Morgan fingerprint density at radius 2 is 1.09 bits per heavy atom. The molecule has 0 unspecified atom stereocenters. The first-order valence-corrected chi connectivity index (χ1v) is 17.1. The molecule has 1 nitrogen and oxygen atoms in total. The minimum absolute atomic E-state index is 1.00. The first-order chi connectivity index (χ1) is 4.74. The fourth-order valence-corrected chi connectivity index (χ4v) is 0.510. The van der Waals surface area contributed by atoms with Gasteiger partial charge >= 0.3 is 56.4 Å². The van der Waals surface area contributed by atoms with Crippen molar-refractivity contribution >= 4 is 45.9 Å². The monoisotopic (exact) mass is 340 g/mol. The van der Waals surface area contributed by atoms with Gasteiger partial charge in [0, 0.05) is 13.2 Å². The number of rotatable bonds is 0. The predicted molar refractivity (Wildman–Crippen MR) is 49.3 cm³/mol. The zero-order valence-corrected chi connectivity index (χ0v) is 11.6. The summed E-state index contributed by atoms with van der Waals surface area (Å²) in [4.78, 5) is 0. The summed E-state index contributed by atoms with van der Waals surface area (Å²) < 4.78 is 4.94. The van der Waals surface area contributed by atoms with E-state index in [0.717, 1.165) is 13.2 Å². The number of ether oxygens (including phenoxy) is 1. The molecule has 7 heteroatoms. The summed E-state index contributed by atoms with van der Waals surface area (Å²) in [6.07, 6.45) is 2.56. The van der Waals surface area contributed by atoms with Crippen molar-refractivity contribution < 1.29 is 15.1 Å². The van der Waals surface area contributed by atoms with E-state index in [1.807, 2.05) is 0 Å². The van der Waals surface area contributed by atoms with Gasteiger partial charge in [-0.05, 0) is 12.8 Å². The van der Waals surface area contributed by atoms with Gasteiger partial charge in [-0.3, -0.25) is 0 Å². The third-order valence-corrected chi connectivity index (χ3v) is 0.827. The average Bonchev–Trinajstić information content (AvgIpc) is 2.03. The predicted octanol–water partition coefficient (Wildman–Crippen LogP) is 4.24. The summed E-state index contributed by atoms with van der Waals surface area (Å²) in [6, 6.07) is 0. The quantitative estimate of drug-likeness (QED) is 0.598. The van der Waals surface area contributed by atoms with Crippen LogP contribution in [0.5, 0.6) is 0 Å². The Labute approximate surface area is 86.3 Å². The molecule has 0 N–H and O–H groups in total. The van der Waals surface area contributed by atoms with Crippen LogP contribution in [0.1, 0.15) is 12.8 Å². The third-order valence-electron chi connectivity index (χ3n) is 0.827. The van der Waals surface area contributed by atoms with Gasteiger partial charge in [0.05, 0.1) is 0 Å². The van der Waals surface area contributed by atoms with Gasteiger partial charge in [-0.2, -0.15) is 0 Å². The first kappa shape index (κ1) is 13.2. The van der Waals surface area contributed by atoms with Crippen molar-refractivity contribution in [3.05, 3.63) is 0 Å². The second-order valence-electron chi connectivity index (χ2n) is 1.96. The Hall–Kier alpha value is 2.15. The fourth-order valence-electron chi connectivity index (χ4n) is 0.510. The van der Waals surface area contributed by atoms with Crippen molar-refractivity contribution in [1.29, 1.82) is 0 Å². The second kappa shape index (κ2) is 5.14. The maximum atomic E-state index is 5.05. The van der Waals surface area contributed by atoms with E-state index >= 15 is 0 Å². The van der Waals surface area contributed by atoms with E-state index in [2.05, 4.69) is 0 Å². The molecule has 0 aromatic carbocycles. The van der Waals surface area contributed by atoms with Crippen LogP contribution in [0.4, 0.5) is 0 Å². The topological polar surface area (TPSA) is 9.23 Å². The summed E-state index contributed by atoms with van der Waals surface area (Å²) in [7, 11) is 20.9. The van der Waals surface area contributed by atoms with Crippen LogP contribution in [-0.2, 0) is 15.1 Å². The van der Waals surface area contributed by atoms with Gasteiger partial charge in [0.25, 0.3) is 0 Å². The van der Waals surface area contributed by atoms with E-state index < -0.39 is 10.4 Å². The number of hydrogen-bond donors (Lipinski definition) is 0. The van der Waals surface area contributed by atoms with Gasteiger partial charge in [0.1, 0.15) is 0 Å². The Balaban J connectivity index is 0.000000183. The molecule has 0 atom stereocenters. The van der Waals surface area contributed by atoms with Crippen molar-refractivity contribution in [2.75, 3.05) is 13.2 Å². The summed E-state index contributed by atoms with van der Waals surface area (Å²) >= 11 is 0. The molecule has 1 fully saturated rings. The van der Waals surface area contributed by atoms with Gasteiger partial charge in [0.15, 0.2) is 0 Å². The standard InChI is InChI=1S/C4H8O.5ClH.Nb/c1-2-4-5-3-1;;;;;;/h1-4H2;5*1H;/q;;;;;;+5/p-5.